The average molecular weight is 318 g/mol. The molecule has 7 heteroatoms. The molecule has 0 aliphatic rings. The molecule has 2 rings (SSSR count). The first-order valence-corrected chi connectivity index (χ1v) is 6.79. The Labute approximate surface area is 131 Å². The Hall–Kier alpha value is -2.62. The van der Waals surface area contributed by atoms with Gasteiger partial charge >= 0.3 is 0 Å². The molecule has 0 fully saturated rings. The molecule has 0 spiro atoms. The third kappa shape index (κ3) is 3.01. The third-order valence-corrected chi connectivity index (χ3v) is 3.40. The van der Waals surface area contributed by atoms with E-state index < -0.39 is 4.92 Å². The topological polar surface area (TPSA) is 99.2 Å². The zero-order valence-electron chi connectivity index (χ0n) is 11.4. The lowest BCUT2D eigenvalue weighted by molar-refractivity contribution is -0.384. The summed E-state index contributed by atoms with van der Waals surface area (Å²) in [6, 6.07) is 11.8. The Morgan fingerprint density at radius 2 is 2.00 bits per heavy atom. The summed E-state index contributed by atoms with van der Waals surface area (Å²) < 4.78 is 0. The van der Waals surface area contributed by atoms with Crippen molar-refractivity contribution in [3.63, 3.8) is 0 Å². The van der Waals surface area contributed by atoms with Crippen LogP contribution >= 0.6 is 11.6 Å². The standard InChI is InChI=1S/C15H12ClN3O3/c16-13-4-2-1-3-11(13)10-5-6-14(19(21)22)15(12(10)9-17)18-7-8-20/h1-6,18,20H,7-8H2. The van der Waals surface area contributed by atoms with E-state index in [1.165, 1.54) is 12.1 Å². The van der Waals surface area contributed by atoms with Gasteiger partial charge in [0, 0.05) is 28.8 Å². The smallest absolute Gasteiger partial charge is 0.293 e. The highest BCUT2D eigenvalue weighted by Crippen LogP contribution is 2.38. The summed E-state index contributed by atoms with van der Waals surface area (Å²) in [7, 11) is 0. The number of rotatable bonds is 5. The van der Waals surface area contributed by atoms with Gasteiger partial charge in [0.1, 0.15) is 11.8 Å². The van der Waals surface area contributed by atoms with E-state index in [0.717, 1.165) is 0 Å². The number of aliphatic hydroxyl groups is 1. The summed E-state index contributed by atoms with van der Waals surface area (Å²) in [6.07, 6.45) is 0. The molecule has 6 nitrogen and oxygen atoms in total. The van der Waals surface area contributed by atoms with Crippen molar-refractivity contribution >= 4 is 23.0 Å². The molecule has 0 unspecified atom stereocenters. The van der Waals surface area contributed by atoms with Gasteiger partial charge in [-0.25, -0.2) is 0 Å². The third-order valence-electron chi connectivity index (χ3n) is 3.07. The zero-order chi connectivity index (χ0) is 16.1. The number of nitro benzene ring substituents is 1. The maximum atomic E-state index is 11.1. The molecular weight excluding hydrogens is 306 g/mol. The molecular formula is C15H12ClN3O3. The average Bonchev–Trinajstić information content (AvgIpc) is 2.52. The summed E-state index contributed by atoms with van der Waals surface area (Å²) in [4.78, 5) is 10.6. The van der Waals surface area contributed by atoms with Gasteiger partial charge in [0.25, 0.3) is 5.69 Å². The van der Waals surface area contributed by atoms with Crippen LogP contribution in [0.1, 0.15) is 5.56 Å². The van der Waals surface area contributed by atoms with Gasteiger partial charge in [0.05, 0.1) is 17.1 Å². The van der Waals surface area contributed by atoms with Gasteiger partial charge < -0.3 is 10.4 Å². The summed E-state index contributed by atoms with van der Waals surface area (Å²) >= 11 is 6.14. The minimum absolute atomic E-state index is 0.0824. The highest BCUT2D eigenvalue weighted by Gasteiger charge is 2.22. The molecule has 2 aromatic carbocycles. The van der Waals surface area contributed by atoms with Crippen LogP contribution < -0.4 is 5.32 Å². The lowest BCUT2D eigenvalue weighted by atomic mass is 9.97. The normalized spacial score (nSPS) is 10.0. The summed E-state index contributed by atoms with van der Waals surface area (Å²) in [5.41, 5.74) is 1.09. The van der Waals surface area contributed by atoms with Crippen LogP contribution in [-0.2, 0) is 0 Å². The number of halogens is 1. The number of anilines is 1. The quantitative estimate of drug-likeness (QED) is 0.651. The van der Waals surface area contributed by atoms with Gasteiger partial charge in [-0.3, -0.25) is 10.1 Å². The van der Waals surface area contributed by atoms with Gasteiger partial charge in [-0.2, -0.15) is 5.26 Å². The van der Waals surface area contributed by atoms with E-state index >= 15 is 0 Å². The molecule has 0 atom stereocenters. The van der Waals surface area contributed by atoms with Gasteiger partial charge in [-0.1, -0.05) is 29.8 Å². The van der Waals surface area contributed by atoms with E-state index in [9.17, 15) is 15.4 Å². The SMILES string of the molecule is N#Cc1c(-c2ccccc2Cl)ccc([N+](=O)[O-])c1NCCO. The number of nitrogens with zero attached hydrogens (tertiary/aromatic N) is 2. The van der Waals surface area contributed by atoms with Crippen LogP contribution in [0.15, 0.2) is 36.4 Å². The maximum absolute atomic E-state index is 11.1. The first-order chi connectivity index (χ1) is 10.6. The fourth-order valence-electron chi connectivity index (χ4n) is 2.12. The monoisotopic (exact) mass is 317 g/mol. The van der Waals surface area contributed by atoms with Crippen LogP contribution in [0, 0.1) is 21.4 Å². The first kappa shape index (κ1) is 15.8. The van der Waals surface area contributed by atoms with Gasteiger partial charge in [0.2, 0.25) is 0 Å². The molecule has 0 saturated carbocycles. The molecule has 0 aliphatic heterocycles. The predicted molar refractivity (Wildman–Crippen MR) is 83.8 cm³/mol. The van der Waals surface area contributed by atoms with E-state index in [1.54, 1.807) is 24.3 Å². The van der Waals surface area contributed by atoms with Crippen molar-refractivity contribution in [1.29, 1.82) is 5.26 Å². The molecule has 0 amide bonds. The lowest BCUT2D eigenvalue weighted by Crippen LogP contribution is -2.09. The molecule has 0 heterocycles. The first-order valence-electron chi connectivity index (χ1n) is 6.41. The minimum Gasteiger partial charge on any atom is -0.395 e. The van der Waals surface area contributed by atoms with Crippen molar-refractivity contribution in [2.45, 2.75) is 0 Å². The van der Waals surface area contributed by atoms with E-state index in [4.69, 9.17) is 16.7 Å². The Bertz CT molecular complexity index is 756. The van der Waals surface area contributed by atoms with Crippen LogP contribution in [-0.4, -0.2) is 23.2 Å². The molecule has 0 aromatic heterocycles. The molecule has 0 bridgehead atoms. The second-order valence-electron chi connectivity index (χ2n) is 4.38. The Morgan fingerprint density at radius 3 is 2.59 bits per heavy atom. The zero-order valence-corrected chi connectivity index (χ0v) is 12.2. The minimum atomic E-state index is -0.572. The highest BCUT2D eigenvalue weighted by atomic mass is 35.5. The number of hydrogen-bond acceptors (Lipinski definition) is 5. The lowest BCUT2D eigenvalue weighted by Gasteiger charge is -2.12. The van der Waals surface area contributed by atoms with Crippen LogP contribution in [0.25, 0.3) is 11.1 Å². The van der Waals surface area contributed by atoms with E-state index in [-0.39, 0.29) is 30.1 Å². The van der Waals surface area contributed by atoms with Gasteiger partial charge in [-0.15, -0.1) is 0 Å². The van der Waals surface area contributed by atoms with E-state index in [0.29, 0.717) is 16.1 Å². The van der Waals surface area contributed by atoms with Gasteiger partial charge in [-0.05, 0) is 12.1 Å². The fraction of sp³-hybridized carbons (Fsp3) is 0.133. The van der Waals surface area contributed by atoms with Crippen LogP contribution in [0.4, 0.5) is 11.4 Å². The maximum Gasteiger partial charge on any atom is 0.293 e. The number of nitrogens with one attached hydrogen (secondary N) is 1. The van der Waals surface area contributed by atoms with E-state index in [1.807, 2.05) is 6.07 Å². The molecule has 2 aromatic rings. The Kier molecular flexibility index (Phi) is 4.94. The molecule has 0 aliphatic carbocycles. The van der Waals surface area contributed by atoms with Crippen LogP contribution in [0.2, 0.25) is 5.02 Å². The highest BCUT2D eigenvalue weighted by molar-refractivity contribution is 6.33. The number of hydrogen-bond donors (Lipinski definition) is 2. The van der Waals surface area contributed by atoms with Crippen molar-refractivity contribution in [2.75, 3.05) is 18.5 Å². The molecule has 0 radical (unpaired) electrons. The summed E-state index contributed by atoms with van der Waals surface area (Å²) in [5.74, 6) is 0. The number of nitro groups is 1. The second kappa shape index (κ2) is 6.89. The second-order valence-corrected chi connectivity index (χ2v) is 4.79. The summed E-state index contributed by atoms with van der Waals surface area (Å²) in [6.45, 7) is -0.111. The predicted octanol–water partition coefficient (Wildman–Crippen LogP) is 3.19. The summed E-state index contributed by atoms with van der Waals surface area (Å²) in [5, 5.41) is 32.7. The van der Waals surface area contributed by atoms with Crippen LogP contribution in [0.5, 0.6) is 0 Å². The number of aliphatic hydroxyl groups excluding tert-OH is 1. The number of nitriles is 1. The van der Waals surface area contributed by atoms with Crippen molar-refractivity contribution in [3.8, 4) is 17.2 Å². The van der Waals surface area contributed by atoms with Gasteiger partial charge in [0.15, 0.2) is 0 Å². The fourth-order valence-corrected chi connectivity index (χ4v) is 2.36. The molecule has 22 heavy (non-hydrogen) atoms. The van der Waals surface area contributed by atoms with Crippen LogP contribution in [0.3, 0.4) is 0 Å². The van der Waals surface area contributed by atoms with Crippen molar-refractivity contribution < 1.29 is 10.0 Å². The van der Waals surface area contributed by atoms with Crippen molar-refractivity contribution in [3.05, 3.63) is 57.1 Å². The van der Waals surface area contributed by atoms with Crippen molar-refractivity contribution in [2.24, 2.45) is 0 Å². The van der Waals surface area contributed by atoms with E-state index in [2.05, 4.69) is 5.32 Å². The number of benzene rings is 2. The van der Waals surface area contributed by atoms with Crippen molar-refractivity contribution in [1.82, 2.24) is 0 Å². The molecule has 112 valence electrons. The Balaban J connectivity index is 2.70. The Morgan fingerprint density at radius 1 is 1.27 bits per heavy atom. The molecule has 2 N–H and O–H groups in total. The molecule has 0 saturated heterocycles. The largest absolute Gasteiger partial charge is 0.395 e.